The fraction of sp³-hybridized carbons (Fsp3) is 0.0588. The Labute approximate surface area is 164 Å². The standard InChI is InChI=1S/C17H13ClN4O3S2/c1-25-16-7-6-15-19-13(10-22(15)20-16)11-3-2-4-12(9-11)21-27(23,24)17-8-5-14(18)26-17/h2-10,21H,1H3. The largest absolute Gasteiger partial charge is 0.480 e. The van der Waals surface area contributed by atoms with E-state index in [9.17, 15) is 8.42 Å². The van der Waals surface area contributed by atoms with Crippen LogP contribution in [-0.4, -0.2) is 30.1 Å². The van der Waals surface area contributed by atoms with Crippen LogP contribution in [0.25, 0.3) is 16.9 Å². The number of anilines is 1. The molecule has 1 aromatic carbocycles. The maximum absolute atomic E-state index is 12.5. The van der Waals surface area contributed by atoms with E-state index in [0.717, 1.165) is 16.9 Å². The highest BCUT2D eigenvalue weighted by Crippen LogP contribution is 2.28. The van der Waals surface area contributed by atoms with Crippen molar-refractivity contribution in [1.82, 2.24) is 14.6 Å². The first-order valence-corrected chi connectivity index (χ1v) is 10.4. The number of hydrogen-bond donors (Lipinski definition) is 1. The number of thiophene rings is 1. The first-order chi connectivity index (χ1) is 12.9. The van der Waals surface area contributed by atoms with Crippen molar-refractivity contribution in [3.8, 4) is 17.1 Å². The quantitative estimate of drug-likeness (QED) is 0.528. The van der Waals surface area contributed by atoms with Gasteiger partial charge in [0.1, 0.15) is 4.21 Å². The van der Waals surface area contributed by atoms with Gasteiger partial charge in [-0.1, -0.05) is 23.7 Å². The highest BCUT2D eigenvalue weighted by Gasteiger charge is 2.17. The Morgan fingerprint density at radius 3 is 2.78 bits per heavy atom. The second-order valence-electron chi connectivity index (χ2n) is 5.55. The van der Waals surface area contributed by atoms with E-state index >= 15 is 0 Å². The number of nitrogens with one attached hydrogen (secondary N) is 1. The van der Waals surface area contributed by atoms with Crippen LogP contribution in [0.15, 0.2) is 58.9 Å². The Morgan fingerprint density at radius 1 is 1.19 bits per heavy atom. The van der Waals surface area contributed by atoms with Gasteiger partial charge in [-0.25, -0.2) is 17.9 Å². The number of methoxy groups -OCH3 is 1. The Hall–Kier alpha value is -2.62. The summed E-state index contributed by atoms with van der Waals surface area (Å²) in [6.07, 6.45) is 1.75. The summed E-state index contributed by atoms with van der Waals surface area (Å²) in [5.41, 5.74) is 2.50. The number of aromatic nitrogens is 3. The van der Waals surface area contributed by atoms with Crippen molar-refractivity contribution in [2.75, 3.05) is 11.8 Å². The lowest BCUT2D eigenvalue weighted by atomic mass is 10.1. The molecule has 3 heterocycles. The summed E-state index contributed by atoms with van der Waals surface area (Å²) >= 11 is 6.84. The van der Waals surface area contributed by atoms with Gasteiger partial charge < -0.3 is 4.74 Å². The number of sulfonamides is 1. The predicted molar refractivity (Wildman–Crippen MR) is 105 cm³/mol. The van der Waals surface area contributed by atoms with Gasteiger partial charge in [-0.2, -0.15) is 0 Å². The fourth-order valence-corrected chi connectivity index (χ4v) is 5.03. The summed E-state index contributed by atoms with van der Waals surface area (Å²) in [5.74, 6) is 0.475. The topological polar surface area (TPSA) is 85.6 Å². The van der Waals surface area contributed by atoms with Crippen molar-refractivity contribution in [3.63, 3.8) is 0 Å². The van der Waals surface area contributed by atoms with E-state index in [1.54, 1.807) is 54.2 Å². The third-order valence-electron chi connectivity index (χ3n) is 3.73. The molecule has 3 aromatic heterocycles. The van der Waals surface area contributed by atoms with Gasteiger partial charge in [0.15, 0.2) is 5.65 Å². The second kappa shape index (κ2) is 6.84. The molecule has 0 saturated carbocycles. The average molecular weight is 421 g/mol. The number of halogens is 1. The molecule has 7 nitrogen and oxygen atoms in total. The smallest absolute Gasteiger partial charge is 0.271 e. The van der Waals surface area contributed by atoms with Crippen LogP contribution in [0.5, 0.6) is 5.88 Å². The summed E-state index contributed by atoms with van der Waals surface area (Å²) in [4.78, 5) is 4.51. The number of nitrogens with zero attached hydrogens (tertiary/aromatic N) is 3. The van der Waals surface area contributed by atoms with Crippen molar-refractivity contribution >= 4 is 44.3 Å². The van der Waals surface area contributed by atoms with Crippen LogP contribution in [0.3, 0.4) is 0 Å². The Kier molecular flexibility index (Phi) is 4.50. The molecule has 0 unspecified atom stereocenters. The van der Waals surface area contributed by atoms with Crippen molar-refractivity contribution in [2.24, 2.45) is 0 Å². The Bertz CT molecular complexity index is 1230. The molecule has 4 rings (SSSR count). The SMILES string of the molecule is COc1ccc2nc(-c3cccc(NS(=O)(=O)c4ccc(Cl)s4)c3)cn2n1. The first-order valence-electron chi connectivity index (χ1n) is 7.74. The van der Waals surface area contributed by atoms with E-state index in [0.29, 0.717) is 27.2 Å². The molecule has 0 bridgehead atoms. The van der Waals surface area contributed by atoms with E-state index in [1.165, 1.54) is 6.07 Å². The van der Waals surface area contributed by atoms with Gasteiger partial charge in [0.25, 0.3) is 10.0 Å². The summed E-state index contributed by atoms with van der Waals surface area (Å²) in [7, 11) is -2.15. The average Bonchev–Trinajstić information content (AvgIpc) is 3.27. The molecular formula is C17H13ClN4O3S2. The molecule has 10 heteroatoms. The molecule has 0 aliphatic carbocycles. The van der Waals surface area contributed by atoms with Crippen molar-refractivity contribution in [1.29, 1.82) is 0 Å². The van der Waals surface area contributed by atoms with Crippen molar-refractivity contribution in [3.05, 3.63) is 59.1 Å². The van der Waals surface area contributed by atoms with E-state index < -0.39 is 10.0 Å². The lowest BCUT2D eigenvalue weighted by molar-refractivity contribution is 0.390. The fourth-order valence-electron chi connectivity index (χ4n) is 2.50. The third kappa shape index (κ3) is 3.61. The molecule has 0 aliphatic heterocycles. The van der Waals surface area contributed by atoms with Gasteiger partial charge in [0.2, 0.25) is 5.88 Å². The van der Waals surface area contributed by atoms with E-state index in [2.05, 4.69) is 14.8 Å². The predicted octanol–water partition coefficient (Wildman–Crippen LogP) is 3.92. The zero-order valence-corrected chi connectivity index (χ0v) is 16.3. The van der Waals surface area contributed by atoms with Crippen molar-refractivity contribution in [2.45, 2.75) is 4.21 Å². The van der Waals surface area contributed by atoms with E-state index in [4.69, 9.17) is 16.3 Å². The Morgan fingerprint density at radius 2 is 2.04 bits per heavy atom. The molecular weight excluding hydrogens is 408 g/mol. The molecule has 4 aromatic rings. The molecule has 0 saturated heterocycles. The lowest BCUT2D eigenvalue weighted by Crippen LogP contribution is -2.11. The Balaban J connectivity index is 1.66. The van der Waals surface area contributed by atoms with Crippen LogP contribution in [-0.2, 0) is 10.0 Å². The van der Waals surface area contributed by atoms with Gasteiger partial charge in [0, 0.05) is 17.3 Å². The molecule has 0 amide bonds. The zero-order chi connectivity index (χ0) is 19.0. The normalized spacial score (nSPS) is 11.6. The highest BCUT2D eigenvalue weighted by atomic mass is 35.5. The number of rotatable bonds is 5. The molecule has 0 aliphatic rings. The van der Waals surface area contributed by atoms with Crippen LogP contribution < -0.4 is 9.46 Å². The first kappa shape index (κ1) is 17.8. The molecule has 0 fully saturated rings. The zero-order valence-electron chi connectivity index (χ0n) is 14.0. The minimum Gasteiger partial charge on any atom is -0.480 e. The summed E-state index contributed by atoms with van der Waals surface area (Å²) < 4.78 is 34.8. The number of imidazole rings is 1. The van der Waals surface area contributed by atoms with E-state index in [-0.39, 0.29) is 4.21 Å². The number of hydrogen-bond acceptors (Lipinski definition) is 6. The lowest BCUT2D eigenvalue weighted by Gasteiger charge is -2.07. The minimum atomic E-state index is -3.70. The van der Waals surface area contributed by atoms with Crippen LogP contribution in [0.4, 0.5) is 5.69 Å². The van der Waals surface area contributed by atoms with Crippen LogP contribution in [0, 0.1) is 0 Å². The summed E-state index contributed by atoms with van der Waals surface area (Å²) in [6, 6.07) is 13.5. The molecule has 0 radical (unpaired) electrons. The highest BCUT2D eigenvalue weighted by molar-refractivity contribution is 7.94. The molecule has 0 atom stereocenters. The maximum atomic E-state index is 12.5. The molecule has 27 heavy (non-hydrogen) atoms. The number of ether oxygens (including phenoxy) is 1. The van der Waals surface area contributed by atoms with Gasteiger partial charge >= 0.3 is 0 Å². The van der Waals surface area contributed by atoms with Gasteiger partial charge in [-0.15, -0.1) is 16.4 Å². The van der Waals surface area contributed by atoms with Crippen LogP contribution in [0.1, 0.15) is 0 Å². The van der Waals surface area contributed by atoms with E-state index in [1.807, 2.05) is 6.07 Å². The van der Waals surface area contributed by atoms with Gasteiger partial charge in [-0.3, -0.25) is 4.72 Å². The molecule has 1 N–H and O–H groups in total. The molecule has 0 spiro atoms. The van der Waals surface area contributed by atoms with Gasteiger partial charge in [0.05, 0.1) is 23.3 Å². The maximum Gasteiger partial charge on any atom is 0.271 e. The van der Waals surface area contributed by atoms with Crippen molar-refractivity contribution < 1.29 is 13.2 Å². The number of fused-ring (bicyclic) bond motifs is 1. The second-order valence-corrected chi connectivity index (χ2v) is 9.17. The van der Waals surface area contributed by atoms with Gasteiger partial charge in [-0.05, 0) is 30.3 Å². The summed E-state index contributed by atoms with van der Waals surface area (Å²) in [5, 5.41) is 4.27. The monoisotopic (exact) mass is 420 g/mol. The molecule has 138 valence electrons. The summed E-state index contributed by atoms with van der Waals surface area (Å²) in [6.45, 7) is 0. The number of benzene rings is 1. The minimum absolute atomic E-state index is 0.155. The third-order valence-corrected chi connectivity index (χ3v) is 6.83. The van der Waals surface area contributed by atoms with Crippen LogP contribution >= 0.6 is 22.9 Å². The van der Waals surface area contributed by atoms with Crippen LogP contribution in [0.2, 0.25) is 4.34 Å².